The average Bonchev–Trinajstić information content (AvgIpc) is 2.03. The van der Waals surface area contributed by atoms with Crippen molar-refractivity contribution in [3.8, 4) is 0 Å². The van der Waals surface area contributed by atoms with E-state index in [1.165, 1.54) is 0 Å². The predicted molar refractivity (Wildman–Crippen MR) is 50.2 cm³/mol. The van der Waals surface area contributed by atoms with Crippen molar-refractivity contribution >= 4 is 24.0 Å². The van der Waals surface area contributed by atoms with Crippen LogP contribution in [0.5, 0.6) is 0 Å². The summed E-state index contributed by atoms with van der Waals surface area (Å²) in [6.07, 6.45) is 0. The van der Waals surface area contributed by atoms with Crippen LogP contribution < -0.4 is 16.5 Å². The summed E-state index contributed by atoms with van der Waals surface area (Å²) in [4.78, 5) is 0. The molecule has 0 spiro atoms. The molecule has 1 rings (SSSR count). The highest BCUT2D eigenvalue weighted by Gasteiger charge is 2.16. The monoisotopic (exact) mass is 166 g/mol. The summed E-state index contributed by atoms with van der Waals surface area (Å²) in [6, 6.07) is 4.97. The second-order valence-corrected chi connectivity index (χ2v) is 2.44. The Labute approximate surface area is 71.2 Å². The Balaban J connectivity index is 3.18. The third kappa shape index (κ3) is 1.52. The van der Waals surface area contributed by atoms with E-state index in [1.54, 1.807) is 25.2 Å². The molecule has 5 heteroatoms. The summed E-state index contributed by atoms with van der Waals surface area (Å²) >= 11 is 0. The lowest BCUT2D eigenvalue weighted by atomic mass is 9.78. The molecule has 0 aliphatic rings. The van der Waals surface area contributed by atoms with Gasteiger partial charge in [-0.05, 0) is 6.07 Å². The maximum Gasteiger partial charge on any atom is 0.490 e. The average molecular weight is 166 g/mol. The molecule has 0 bridgehead atoms. The second kappa shape index (κ2) is 3.47. The van der Waals surface area contributed by atoms with Gasteiger partial charge in [-0.25, -0.2) is 0 Å². The molecule has 0 unspecified atom stereocenters. The van der Waals surface area contributed by atoms with Gasteiger partial charge in [-0.3, -0.25) is 0 Å². The smallest absolute Gasteiger partial charge is 0.423 e. The molecule has 0 aliphatic carbocycles. The zero-order valence-electron chi connectivity index (χ0n) is 6.78. The lowest BCUT2D eigenvalue weighted by Gasteiger charge is -2.10. The van der Waals surface area contributed by atoms with Gasteiger partial charge in [-0.15, -0.1) is 0 Å². The Kier molecular flexibility index (Phi) is 2.57. The lowest BCUT2D eigenvalue weighted by molar-refractivity contribution is 0.426. The number of hydrogen-bond donors (Lipinski definition) is 4. The third-order valence-electron chi connectivity index (χ3n) is 1.66. The van der Waals surface area contributed by atoms with Gasteiger partial charge in [0.1, 0.15) is 0 Å². The van der Waals surface area contributed by atoms with Crippen LogP contribution in [0.3, 0.4) is 0 Å². The standard InChI is InChI=1S/C7H11BN2O2/c1-10-7-5(8(11)12)3-2-4-6(7)9/h2-4,10-12H,9H2,1H3. The van der Waals surface area contributed by atoms with E-state index < -0.39 is 7.12 Å². The van der Waals surface area contributed by atoms with Crippen LogP contribution in [0, 0.1) is 0 Å². The van der Waals surface area contributed by atoms with Gasteiger partial charge in [0.15, 0.2) is 0 Å². The van der Waals surface area contributed by atoms with Crippen LogP contribution in [0.15, 0.2) is 18.2 Å². The SMILES string of the molecule is CNc1c(N)cccc1B(O)O. The van der Waals surface area contributed by atoms with Crippen LogP contribution in [-0.4, -0.2) is 24.2 Å². The summed E-state index contributed by atoms with van der Waals surface area (Å²) in [5.74, 6) is 0. The quantitative estimate of drug-likeness (QED) is 0.335. The van der Waals surface area contributed by atoms with Crippen molar-refractivity contribution < 1.29 is 10.0 Å². The van der Waals surface area contributed by atoms with Crippen LogP contribution >= 0.6 is 0 Å². The largest absolute Gasteiger partial charge is 0.490 e. The molecule has 0 saturated heterocycles. The first kappa shape index (κ1) is 8.90. The second-order valence-electron chi connectivity index (χ2n) is 2.44. The molecule has 64 valence electrons. The molecule has 0 amide bonds. The van der Waals surface area contributed by atoms with Crippen LogP contribution in [-0.2, 0) is 0 Å². The summed E-state index contributed by atoms with van der Waals surface area (Å²) in [6.45, 7) is 0. The molecule has 0 heterocycles. The Morgan fingerprint density at radius 2 is 2.08 bits per heavy atom. The van der Waals surface area contributed by atoms with E-state index in [4.69, 9.17) is 15.8 Å². The summed E-state index contributed by atoms with van der Waals surface area (Å²) in [5, 5.41) is 20.6. The van der Waals surface area contributed by atoms with E-state index >= 15 is 0 Å². The fourth-order valence-corrected chi connectivity index (χ4v) is 1.09. The van der Waals surface area contributed by atoms with Crippen LogP contribution in [0.2, 0.25) is 0 Å². The normalized spacial score (nSPS) is 9.58. The van der Waals surface area contributed by atoms with E-state index in [9.17, 15) is 0 Å². The van der Waals surface area contributed by atoms with Crippen molar-refractivity contribution in [3.05, 3.63) is 18.2 Å². The van der Waals surface area contributed by atoms with Crippen molar-refractivity contribution in [1.82, 2.24) is 0 Å². The fourth-order valence-electron chi connectivity index (χ4n) is 1.09. The molecular formula is C7H11BN2O2. The van der Waals surface area contributed by atoms with E-state index in [1.807, 2.05) is 0 Å². The highest BCUT2D eigenvalue weighted by atomic mass is 16.4. The number of benzene rings is 1. The molecular weight excluding hydrogens is 155 g/mol. The number of anilines is 2. The van der Waals surface area contributed by atoms with Crippen LogP contribution in [0.25, 0.3) is 0 Å². The predicted octanol–water partition coefficient (Wildman–Crippen LogP) is -1.01. The van der Waals surface area contributed by atoms with Crippen LogP contribution in [0.4, 0.5) is 11.4 Å². The molecule has 1 aromatic rings. The maximum atomic E-state index is 8.92. The minimum atomic E-state index is -1.49. The molecule has 0 radical (unpaired) electrons. The zero-order valence-corrected chi connectivity index (χ0v) is 6.78. The van der Waals surface area contributed by atoms with Crippen molar-refractivity contribution in [2.24, 2.45) is 0 Å². The van der Waals surface area contributed by atoms with E-state index in [-0.39, 0.29) is 0 Å². The molecule has 0 aromatic heterocycles. The zero-order chi connectivity index (χ0) is 9.14. The van der Waals surface area contributed by atoms with E-state index in [0.717, 1.165) is 0 Å². The Morgan fingerprint density at radius 1 is 1.42 bits per heavy atom. The summed E-state index contributed by atoms with van der Waals surface area (Å²) in [7, 11) is 0.188. The Morgan fingerprint density at radius 3 is 2.50 bits per heavy atom. The van der Waals surface area contributed by atoms with Gasteiger partial charge in [0.2, 0.25) is 0 Å². The van der Waals surface area contributed by atoms with Gasteiger partial charge in [0.05, 0.1) is 11.4 Å². The molecule has 4 nitrogen and oxygen atoms in total. The van der Waals surface area contributed by atoms with E-state index in [2.05, 4.69) is 5.32 Å². The first-order valence-corrected chi connectivity index (χ1v) is 3.59. The number of para-hydroxylation sites is 1. The fraction of sp³-hybridized carbons (Fsp3) is 0.143. The molecule has 0 fully saturated rings. The Hall–Kier alpha value is -1.20. The van der Waals surface area contributed by atoms with Crippen molar-refractivity contribution in [1.29, 1.82) is 0 Å². The number of hydrogen-bond acceptors (Lipinski definition) is 4. The van der Waals surface area contributed by atoms with Gasteiger partial charge in [0, 0.05) is 12.5 Å². The highest BCUT2D eigenvalue weighted by Crippen LogP contribution is 2.13. The summed E-state index contributed by atoms with van der Waals surface area (Å²) < 4.78 is 0. The van der Waals surface area contributed by atoms with Crippen molar-refractivity contribution in [3.63, 3.8) is 0 Å². The van der Waals surface area contributed by atoms with Gasteiger partial charge in [-0.2, -0.15) is 0 Å². The van der Waals surface area contributed by atoms with Gasteiger partial charge < -0.3 is 21.1 Å². The minimum absolute atomic E-state index is 0.387. The van der Waals surface area contributed by atoms with E-state index in [0.29, 0.717) is 16.8 Å². The molecule has 1 aromatic carbocycles. The Bertz CT molecular complexity index is 278. The van der Waals surface area contributed by atoms with Crippen molar-refractivity contribution in [2.45, 2.75) is 0 Å². The van der Waals surface area contributed by atoms with Gasteiger partial charge in [-0.1, -0.05) is 12.1 Å². The first-order valence-electron chi connectivity index (χ1n) is 3.59. The van der Waals surface area contributed by atoms with Crippen molar-refractivity contribution in [2.75, 3.05) is 18.1 Å². The molecule has 12 heavy (non-hydrogen) atoms. The lowest BCUT2D eigenvalue weighted by Crippen LogP contribution is -2.32. The van der Waals surface area contributed by atoms with Gasteiger partial charge in [0.25, 0.3) is 0 Å². The number of nitrogens with two attached hydrogens (primary N) is 1. The third-order valence-corrected chi connectivity index (χ3v) is 1.66. The van der Waals surface area contributed by atoms with Crippen LogP contribution in [0.1, 0.15) is 0 Å². The molecule has 0 atom stereocenters. The minimum Gasteiger partial charge on any atom is -0.423 e. The highest BCUT2D eigenvalue weighted by molar-refractivity contribution is 6.60. The maximum absolute atomic E-state index is 8.92. The topological polar surface area (TPSA) is 78.5 Å². The molecule has 5 N–H and O–H groups in total. The molecule has 0 saturated carbocycles. The molecule has 0 aliphatic heterocycles. The van der Waals surface area contributed by atoms with Gasteiger partial charge >= 0.3 is 7.12 Å². The number of nitrogen functional groups attached to an aromatic ring is 1. The summed E-state index contributed by atoms with van der Waals surface area (Å²) in [5.41, 5.74) is 7.04. The first-order chi connectivity index (χ1) is 5.66. The number of nitrogens with one attached hydrogen (secondary N) is 1. The number of rotatable bonds is 2.